The second-order valence-corrected chi connectivity index (χ2v) is 6.96. The van der Waals surface area contributed by atoms with Gasteiger partial charge in [0.05, 0.1) is 21.1 Å². The smallest absolute Gasteiger partial charge is 0.410 e. The summed E-state index contributed by atoms with van der Waals surface area (Å²) in [5.74, 6) is 0. The van der Waals surface area contributed by atoms with Gasteiger partial charge in [-0.2, -0.15) is 0 Å². The van der Waals surface area contributed by atoms with Gasteiger partial charge < -0.3 is 9.22 Å². The Kier molecular flexibility index (Phi) is 6.38. The molecule has 2 aromatic carbocycles. The average Bonchev–Trinajstić information content (AvgIpc) is 2.55. The third-order valence-corrected chi connectivity index (χ3v) is 3.68. The number of hydrogen-bond donors (Lipinski definition) is 0. The van der Waals surface area contributed by atoms with Crippen LogP contribution in [0.4, 0.5) is 4.79 Å². The first-order valence-electron chi connectivity index (χ1n) is 8.24. The molecule has 0 heterocycles. The predicted molar refractivity (Wildman–Crippen MR) is 96.4 cm³/mol. The molecular weight excluding hydrogens is 300 g/mol. The van der Waals surface area contributed by atoms with E-state index in [9.17, 15) is 4.79 Å². The van der Waals surface area contributed by atoms with E-state index >= 15 is 0 Å². The summed E-state index contributed by atoms with van der Waals surface area (Å²) in [6.45, 7) is 2.29. The van der Waals surface area contributed by atoms with Gasteiger partial charge in [0.2, 0.25) is 0 Å². The normalized spacial score (nSPS) is 11.1. The minimum atomic E-state index is -0.267. The van der Waals surface area contributed by atoms with Crippen molar-refractivity contribution in [1.82, 2.24) is 4.90 Å². The van der Waals surface area contributed by atoms with Crippen molar-refractivity contribution in [3.8, 4) is 0 Å². The van der Waals surface area contributed by atoms with E-state index in [4.69, 9.17) is 4.74 Å². The molecule has 24 heavy (non-hydrogen) atoms. The van der Waals surface area contributed by atoms with Gasteiger partial charge in [-0.3, -0.25) is 4.90 Å². The minimum Gasteiger partial charge on any atom is -0.443 e. The fourth-order valence-corrected chi connectivity index (χ4v) is 2.29. The molecule has 128 valence electrons. The van der Waals surface area contributed by atoms with Crippen LogP contribution in [-0.2, 0) is 17.8 Å². The number of nitrogens with zero attached hydrogens (tertiary/aromatic N) is 2. The molecule has 4 heteroatoms. The second kappa shape index (κ2) is 8.50. The van der Waals surface area contributed by atoms with Gasteiger partial charge in [-0.15, -0.1) is 0 Å². The first-order valence-corrected chi connectivity index (χ1v) is 8.24. The summed E-state index contributed by atoms with van der Waals surface area (Å²) in [6, 6.07) is 20.0. The number of amides is 1. The Labute approximate surface area is 144 Å². The van der Waals surface area contributed by atoms with Gasteiger partial charge >= 0.3 is 6.09 Å². The SMILES string of the molecule is C[N+](C)(C)CCOC(=O)N(Cc1ccccc1)Cc1ccccc1. The van der Waals surface area contributed by atoms with Gasteiger partial charge in [0.25, 0.3) is 0 Å². The number of quaternary nitrogens is 1. The molecule has 0 bridgehead atoms. The molecule has 2 rings (SSSR count). The molecule has 0 unspecified atom stereocenters. The van der Waals surface area contributed by atoms with Crippen LogP contribution in [-0.4, -0.2) is 49.8 Å². The number of likely N-dealkylation sites (N-methyl/N-ethyl adjacent to an activating group) is 1. The van der Waals surface area contributed by atoms with Crippen LogP contribution in [0, 0.1) is 0 Å². The van der Waals surface area contributed by atoms with E-state index < -0.39 is 0 Å². The molecule has 0 saturated carbocycles. The standard InChI is InChI=1S/C20H27N2O2/c1-22(2,3)14-15-24-20(23)21(16-18-10-6-4-7-11-18)17-19-12-8-5-9-13-19/h4-13H,14-17H2,1-3H3/q+1. The fraction of sp³-hybridized carbons (Fsp3) is 0.350. The highest BCUT2D eigenvalue weighted by Crippen LogP contribution is 2.11. The average molecular weight is 327 g/mol. The molecule has 0 aliphatic carbocycles. The highest BCUT2D eigenvalue weighted by molar-refractivity contribution is 5.67. The summed E-state index contributed by atoms with van der Waals surface area (Å²) in [6.07, 6.45) is -0.267. The van der Waals surface area contributed by atoms with Crippen LogP contribution in [0.3, 0.4) is 0 Å². The predicted octanol–water partition coefficient (Wildman–Crippen LogP) is 3.53. The molecular formula is C20H27N2O2+. The number of carbonyl (C=O) groups excluding carboxylic acids is 1. The van der Waals surface area contributed by atoms with Crippen LogP contribution in [0.2, 0.25) is 0 Å². The third kappa shape index (κ3) is 6.42. The van der Waals surface area contributed by atoms with E-state index in [-0.39, 0.29) is 6.09 Å². The largest absolute Gasteiger partial charge is 0.443 e. The van der Waals surface area contributed by atoms with E-state index in [2.05, 4.69) is 21.1 Å². The molecule has 0 fully saturated rings. The van der Waals surface area contributed by atoms with Crippen molar-refractivity contribution in [3.05, 3.63) is 71.8 Å². The van der Waals surface area contributed by atoms with Crippen molar-refractivity contribution in [2.24, 2.45) is 0 Å². The molecule has 0 radical (unpaired) electrons. The molecule has 0 saturated heterocycles. The van der Waals surface area contributed by atoms with Crippen molar-refractivity contribution < 1.29 is 14.0 Å². The van der Waals surface area contributed by atoms with E-state index in [1.54, 1.807) is 4.90 Å². The third-order valence-electron chi connectivity index (χ3n) is 3.68. The van der Waals surface area contributed by atoms with E-state index in [1.807, 2.05) is 60.7 Å². The van der Waals surface area contributed by atoms with Gasteiger partial charge in [-0.1, -0.05) is 60.7 Å². The summed E-state index contributed by atoms with van der Waals surface area (Å²) in [4.78, 5) is 14.3. The van der Waals surface area contributed by atoms with Crippen LogP contribution in [0.5, 0.6) is 0 Å². The number of rotatable bonds is 7. The maximum atomic E-state index is 12.5. The van der Waals surface area contributed by atoms with Gasteiger partial charge in [0.15, 0.2) is 0 Å². The highest BCUT2D eigenvalue weighted by Gasteiger charge is 2.17. The van der Waals surface area contributed by atoms with Crippen LogP contribution in [0.25, 0.3) is 0 Å². The minimum absolute atomic E-state index is 0.267. The zero-order valence-electron chi connectivity index (χ0n) is 14.8. The summed E-state index contributed by atoms with van der Waals surface area (Å²) < 4.78 is 6.26. The molecule has 0 atom stereocenters. The van der Waals surface area contributed by atoms with Crippen molar-refractivity contribution in [1.29, 1.82) is 0 Å². The van der Waals surface area contributed by atoms with E-state index in [0.717, 1.165) is 22.2 Å². The number of benzene rings is 2. The van der Waals surface area contributed by atoms with E-state index in [0.29, 0.717) is 19.7 Å². The summed E-state index contributed by atoms with van der Waals surface area (Å²) >= 11 is 0. The lowest BCUT2D eigenvalue weighted by Crippen LogP contribution is -2.39. The van der Waals surface area contributed by atoms with Gasteiger partial charge in [-0.05, 0) is 11.1 Å². The van der Waals surface area contributed by atoms with Crippen LogP contribution < -0.4 is 0 Å². The number of ether oxygens (including phenoxy) is 1. The summed E-state index contributed by atoms with van der Waals surface area (Å²) in [5, 5.41) is 0. The molecule has 4 nitrogen and oxygen atoms in total. The van der Waals surface area contributed by atoms with Crippen LogP contribution in [0.15, 0.2) is 60.7 Å². The lowest BCUT2D eigenvalue weighted by atomic mass is 10.2. The lowest BCUT2D eigenvalue weighted by molar-refractivity contribution is -0.870. The maximum absolute atomic E-state index is 12.5. The van der Waals surface area contributed by atoms with E-state index in [1.165, 1.54) is 0 Å². The fourth-order valence-electron chi connectivity index (χ4n) is 2.29. The number of hydrogen-bond acceptors (Lipinski definition) is 2. The van der Waals surface area contributed by atoms with Crippen molar-refractivity contribution in [3.63, 3.8) is 0 Å². The van der Waals surface area contributed by atoms with Gasteiger partial charge in [0, 0.05) is 13.1 Å². The molecule has 0 spiro atoms. The highest BCUT2D eigenvalue weighted by atomic mass is 16.6. The van der Waals surface area contributed by atoms with Crippen LogP contribution >= 0.6 is 0 Å². The Balaban J connectivity index is 2.02. The molecule has 0 aliphatic rings. The van der Waals surface area contributed by atoms with Gasteiger partial charge in [-0.25, -0.2) is 4.79 Å². The molecule has 0 aliphatic heterocycles. The molecule has 0 N–H and O–H groups in total. The van der Waals surface area contributed by atoms with Crippen LogP contribution in [0.1, 0.15) is 11.1 Å². The summed E-state index contributed by atoms with van der Waals surface area (Å²) in [7, 11) is 6.25. The summed E-state index contributed by atoms with van der Waals surface area (Å²) in [5.41, 5.74) is 2.19. The first-order chi connectivity index (χ1) is 11.4. The Morgan fingerprint density at radius 1 is 0.875 bits per heavy atom. The zero-order chi connectivity index (χ0) is 17.4. The first kappa shape index (κ1) is 18.0. The Morgan fingerprint density at radius 3 is 1.75 bits per heavy atom. The molecule has 0 aromatic heterocycles. The Bertz CT molecular complexity index is 580. The quantitative estimate of drug-likeness (QED) is 0.728. The zero-order valence-corrected chi connectivity index (χ0v) is 14.8. The van der Waals surface area contributed by atoms with Crippen molar-refractivity contribution in [2.45, 2.75) is 13.1 Å². The Morgan fingerprint density at radius 2 is 1.33 bits per heavy atom. The topological polar surface area (TPSA) is 29.5 Å². The lowest BCUT2D eigenvalue weighted by Gasteiger charge is -2.26. The number of carbonyl (C=O) groups is 1. The Hall–Kier alpha value is -2.33. The monoisotopic (exact) mass is 327 g/mol. The van der Waals surface area contributed by atoms with Gasteiger partial charge in [0.1, 0.15) is 13.2 Å². The maximum Gasteiger partial charge on any atom is 0.410 e. The molecule has 1 amide bonds. The second-order valence-electron chi connectivity index (χ2n) is 6.96. The van der Waals surface area contributed by atoms with Crippen molar-refractivity contribution >= 4 is 6.09 Å². The van der Waals surface area contributed by atoms with Crippen molar-refractivity contribution in [2.75, 3.05) is 34.3 Å². The molecule has 2 aromatic rings.